The second kappa shape index (κ2) is 6.51. The van der Waals surface area contributed by atoms with Gasteiger partial charge in [0.15, 0.2) is 0 Å². The number of thiazole rings is 1. The van der Waals surface area contributed by atoms with E-state index >= 15 is 0 Å². The molecular weight excluding hydrogens is 366 g/mol. The Labute approximate surface area is 155 Å². The lowest BCUT2D eigenvalue weighted by Gasteiger charge is -2.10. The number of sulfonamides is 1. The summed E-state index contributed by atoms with van der Waals surface area (Å²) in [7, 11) is -3.76. The van der Waals surface area contributed by atoms with E-state index in [1.165, 1.54) is 0 Å². The number of nitrogens with one attached hydrogen (secondary N) is 1. The average molecular weight is 381 g/mol. The Bertz CT molecular complexity index is 1190. The Morgan fingerprint density at radius 1 is 1.04 bits per heavy atom. The van der Waals surface area contributed by atoms with Gasteiger partial charge < -0.3 is 0 Å². The molecule has 0 radical (unpaired) electrons. The van der Waals surface area contributed by atoms with Crippen molar-refractivity contribution in [1.29, 1.82) is 0 Å². The predicted molar refractivity (Wildman–Crippen MR) is 105 cm³/mol. The van der Waals surface area contributed by atoms with E-state index in [0.717, 1.165) is 21.7 Å². The van der Waals surface area contributed by atoms with E-state index in [1.807, 2.05) is 36.6 Å². The summed E-state index contributed by atoms with van der Waals surface area (Å²) in [4.78, 5) is 8.84. The van der Waals surface area contributed by atoms with Crippen molar-refractivity contribution < 1.29 is 8.42 Å². The molecule has 2 heterocycles. The van der Waals surface area contributed by atoms with Crippen molar-refractivity contribution >= 4 is 38.0 Å². The van der Waals surface area contributed by atoms with Gasteiger partial charge in [-0.05, 0) is 31.2 Å². The van der Waals surface area contributed by atoms with Gasteiger partial charge in [0.05, 0.1) is 16.2 Å². The minimum atomic E-state index is -3.76. The molecule has 0 saturated heterocycles. The molecule has 0 fully saturated rings. The molecule has 0 spiro atoms. The van der Waals surface area contributed by atoms with Gasteiger partial charge in [-0.3, -0.25) is 9.71 Å². The fraction of sp³-hybridized carbons (Fsp3) is 0.0526. The third-order valence-corrected chi connectivity index (χ3v) is 6.10. The molecule has 4 rings (SSSR count). The van der Waals surface area contributed by atoms with Crippen LogP contribution in [0.1, 0.15) is 5.01 Å². The van der Waals surface area contributed by atoms with E-state index in [-0.39, 0.29) is 4.90 Å². The molecule has 2 aromatic carbocycles. The molecule has 1 N–H and O–H groups in total. The van der Waals surface area contributed by atoms with Crippen molar-refractivity contribution in [2.75, 3.05) is 4.72 Å². The van der Waals surface area contributed by atoms with E-state index in [1.54, 1.807) is 47.9 Å². The number of rotatable bonds is 4. The number of nitrogens with zero attached hydrogens (tertiary/aromatic N) is 2. The number of hydrogen-bond acceptors (Lipinski definition) is 5. The lowest BCUT2D eigenvalue weighted by atomic mass is 10.1. The van der Waals surface area contributed by atoms with E-state index in [0.29, 0.717) is 11.2 Å². The Hall–Kier alpha value is -2.77. The summed E-state index contributed by atoms with van der Waals surface area (Å²) in [5.41, 5.74) is 2.64. The largest absolute Gasteiger partial charge is 0.280 e. The quantitative estimate of drug-likeness (QED) is 0.566. The molecule has 0 unspecified atom stereocenters. The van der Waals surface area contributed by atoms with Gasteiger partial charge in [-0.25, -0.2) is 13.4 Å². The molecule has 26 heavy (non-hydrogen) atoms. The van der Waals surface area contributed by atoms with Gasteiger partial charge in [0.2, 0.25) is 0 Å². The molecule has 130 valence electrons. The van der Waals surface area contributed by atoms with Crippen LogP contribution in [0.25, 0.3) is 22.2 Å². The molecular formula is C19H15N3O2S2. The molecule has 0 saturated carbocycles. The first kappa shape index (κ1) is 16.7. The second-order valence-corrected chi connectivity index (χ2v) is 8.48. The molecule has 2 aromatic heterocycles. The van der Waals surface area contributed by atoms with Crippen LogP contribution in [0.4, 0.5) is 5.69 Å². The minimum absolute atomic E-state index is 0.158. The standard InChI is InChI=1S/C19H15N3O2S2/c1-13-21-17(12-25-13)15-6-2-8-16(11-15)22-26(23,24)18-9-3-5-14-7-4-10-20-19(14)18/h2-12,22H,1H3. The summed E-state index contributed by atoms with van der Waals surface area (Å²) < 4.78 is 28.5. The van der Waals surface area contributed by atoms with Crippen LogP contribution in [0, 0.1) is 6.92 Å². The van der Waals surface area contributed by atoms with Gasteiger partial charge in [0.1, 0.15) is 4.90 Å². The summed E-state index contributed by atoms with van der Waals surface area (Å²) in [6.45, 7) is 1.94. The van der Waals surface area contributed by atoms with Crippen molar-refractivity contribution in [2.45, 2.75) is 11.8 Å². The Kier molecular flexibility index (Phi) is 4.18. The van der Waals surface area contributed by atoms with Gasteiger partial charge in [-0.1, -0.05) is 30.3 Å². The van der Waals surface area contributed by atoms with E-state index < -0.39 is 10.0 Å². The summed E-state index contributed by atoms with van der Waals surface area (Å²) in [5, 5.41) is 3.70. The van der Waals surface area contributed by atoms with Crippen LogP contribution in [0.15, 0.2) is 71.1 Å². The topological polar surface area (TPSA) is 72.0 Å². The molecule has 0 aliphatic rings. The first-order chi connectivity index (χ1) is 12.5. The first-order valence-corrected chi connectivity index (χ1v) is 10.3. The number of aromatic nitrogens is 2. The van der Waals surface area contributed by atoms with Crippen molar-refractivity contribution in [1.82, 2.24) is 9.97 Å². The minimum Gasteiger partial charge on any atom is -0.280 e. The van der Waals surface area contributed by atoms with Crippen molar-refractivity contribution in [3.05, 3.63) is 71.2 Å². The highest BCUT2D eigenvalue weighted by Crippen LogP contribution is 2.27. The summed E-state index contributed by atoms with van der Waals surface area (Å²) in [6, 6.07) is 16.0. The number of aryl methyl sites for hydroxylation is 1. The Morgan fingerprint density at radius 3 is 2.65 bits per heavy atom. The van der Waals surface area contributed by atoms with E-state index in [4.69, 9.17) is 0 Å². The predicted octanol–water partition coefficient (Wildman–Crippen LogP) is 4.47. The fourth-order valence-corrected chi connectivity index (χ4v) is 4.59. The van der Waals surface area contributed by atoms with Crippen LogP contribution in [-0.2, 0) is 10.0 Å². The molecule has 0 bridgehead atoms. The smallest absolute Gasteiger partial charge is 0.264 e. The van der Waals surface area contributed by atoms with Crippen molar-refractivity contribution in [3.63, 3.8) is 0 Å². The molecule has 0 atom stereocenters. The first-order valence-electron chi connectivity index (χ1n) is 7.92. The van der Waals surface area contributed by atoms with E-state index in [2.05, 4.69) is 14.7 Å². The highest BCUT2D eigenvalue weighted by molar-refractivity contribution is 7.93. The SMILES string of the molecule is Cc1nc(-c2cccc(NS(=O)(=O)c3cccc4cccnc34)c2)cs1. The molecule has 0 amide bonds. The Balaban J connectivity index is 1.72. The van der Waals surface area contributed by atoms with Gasteiger partial charge >= 0.3 is 0 Å². The highest BCUT2D eigenvalue weighted by Gasteiger charge is 2.18. The lowest BCUT2D eigenvalue weighted by Crippen LogP contribution is -2.13. The number of hydrogen-bond donors (Lipinski definition) is 1. The summed E-state index contributed by atoms with van der Waals surface area (Å²) >= 11 is 1.56. The number of anilines is 1. The maximum absolute atomic E-state index is 12.9. The van der Waals surface area contributed by atoms with Crippen molar-refractivity contribution in [2.24, 2.45) is 0 Å². The summed E-state index contributed by atoms with van der Waals surface area (Å²) in [5.74, 6) is 0. The molecule has 4 aromatic rings. The van der Waals surface area contributed by atoms with Crippen LogP contribution in [-0.4, -0.2) is 18.4 Å². The zero-order valence-electron chi connectivity index (χ0n) is 13.9. The number of fused-ring (bicyclic) bond motifs is 1. The maximum Gasteiger partial charge on any atom is 0.264 e. The second-order valence-electron chi connectivity index (χ2n) is 5.77. The van der Waals surface area contributed by atoms with Crippen LogP contribution in [0.2, 0.25) is 0 Å². The summed E-state index contributed by atoms with van der Waals surface area (Å²) in [6.07, 6.45) is 1.59. The molecule has 5 nitrogen and oxygen atoms in total. The normalized spacial score (nSPS) is 11.6. The van der Waals surface area contributed by atoms with Crippen LogP contribution >= 0.6 is 11.3 Å². The molecule has 0 aliphatic heterocycles. The van der Waals surface area contributed by atoms with Crippen LogP contribution in [0.3, 0.4) is 0 Å². The zero-order valence-corrected chi connectivity index (χ0v) is 15.5. The fourth-order valence-electron chi connectivity index (χ4n) is 2.74. The third kappa shape index (κ3) is 3.18. The van der Waals surface area contributed by atoms with Gasteiger partial charge in [0.25, 0.3) is 10.0 Å². The van der Waals surface area contributed by atoms with Crippen LogP contribution < -0.4 is 4.72 Å². The van der Waals surface area contributed by atoms with E-state index in [9.17, 15) is 8.42 Å². The lowest BCUT2D eigenvalue weighted by molar-refractivity contribution is 0.602. The van der Waals surface area contributed by atoms with Gasteiger partial charge in [-0.15, -0.1) is 11.3 Å². The third-order valence-electron chi connectivity index (χ3n) is 3.91. The maximum atomic E-state index is 12.9. The number of para-hydroxylation sites is 1. The average Bonchev–Trinajstić information content (AvgIpc) is 3.07. The van der Waals surface area contributed by atoms with Crippen LogP contribution in [0.5, 0.6) is 0 Å². The Morgan fingerprint density at radius 2 is 1.85 bits per heavy atom. The highest BCUT2D eigenvalue weighted by atomic mass is 32.2. The van der Waals surface area contributed by atoms with Gasteiger partial charge in [-0.2, -0.15) is 0 Å². The number of pyridine rings is 1. The monoisotopic (exact) mass is 381 g/mol. The van der Waals surface area contributed by atoms with Gasteiger partial charge in [0, 0.05) is 28.2 Å². The zero-order chi connectivity index (χ0) is 18.1. The number of benzene rings is 2. The molecule has 7 heteroatoms. The van der Waals surface area contributed by atoms with Crippen molar-refractivity contribution in [3.8, 4) is 11.3 Å². The molecule has 0 aliphatic carbocycles.